The molecule has 1 aromatic carbocycles. The lowest BCUT2D eigenvalue weighted by Gasteiger charge is -2.06. The van der Waals surface area contributed by atoms with Crippen LogP contribution in [0.25, 0.3) is 0 Å². The lowest BCUT2D eigenvalue weighted by Crippen LogP contribution is -2.20. The zero-order valence-corrected chi connectivity index (χ0v) is 9.18. The second-order valence-electron chi connectivity index (χ2n) is 3.39. The fourth-order valence-electron chi connectivity index (χ4n) is 1.25. The number of aliphatic hydroxyl groups is 1. The van der Waals surface area contributed by atoms with Gasteiger partial charge in [0.05, 0.1) is 19.8 Å². The van der Waals surface area contributed by atoms with Gasteiger partial charge in [0.2, 0.25) is 0 Å². The minimum atomic E-state index is -1.46. The highest BCUT2D eigenvalue weighted by Gasteiger charge is 2.09. The molecule has 0 saturated heterocycles. The number of halogens is 3. The van der Waals surface area contributed by atoms with E-state index in [0.717, 1.165) is 12.1 Å². The first-order chi connectivity index (χ1) is 8.15. The van der Waals surface area contributed by atoms with E-state index in [4.69, 9.17) is 9.84 Å². The molecule has 0 fully saturated rings. The van der Waals surface area contributed by atoms with Gasteiger partial charge in [0, 0.05) is 13.1 Å². The Balaban J connectivity index is 2.32. The van der Waals surface area contributed by atoms with Gasteiger partial charge in [-0.2, -0.15) is 0 Å². The van der Waals surface area contributed by atoms with Crippen LogP contribution in [0.2, 0.25) is 0 Å². The summed E-state index contributed by atoms with van der Waals surface area (Å²) in [6, 6.07) is 1.89. The van der Waals surface area contributed by atoms with Crippen molar-refractivity contribution in [1.82, 2.24) is 5.32 Å². The summed E-state index contributed by atoms with van der Waals surface area (Å²) in [4.78, 5) is 0. The van der Waals surface area contributed by atoms with Crippen molar-refractivity contribution in [2.75, 3.05) is 26.4 Å². The molecule has 1 rings (SSSR count). The molecular formula is C11H14F3NO2. The number of nitrogens with one attached hydrogen (secondary N) is 1. The summed E-state index contributed by atoms with van der Waals surface area (Å²) in [5.41, 5.74) is 0.323. The van der Waals surface area contributed by atoms with Gasteiger partial charge in [0.15, 0.2) is 17.5 Å². The molecule has 2 N–H and O–H groups in total. The molecule has 17 heavy (non-hydrogen) atoms. The van der Waals surface area contributed by atoms with Crippen LogP contribution in [0, 0.1) is 17.5 Å². The lowest BCUT2D eigenvalue weighted by atomic mass is 10.2. The Bertz CT molecular complexity index is 338. The number of hydrogen-bond donors (Lipinski definition) is 2. The summed E-state index contributed by atoms with van der Waals surface area (Å²) >= 11 is 0. The Labute approximate surface area is 97.2 Å². The van der Waals surface area contributed by atoms with Crippen LogP contribution in [-0.2, 0) is 11.3 Å². The predicted molar refractivity (Wildman–Crippen MR) is 55.9 cm³/mol. The van der Waals surface area contributed by atoms with E-state index in [1.807, 2.05) is 0 Å². The fourth-order valence-corrected chi connectivity index (χ4v) is 1.25. The van der Waals surface area contributed by atoms with Gasteiger partial charge in [0.25, 0.3) is 0 Å². The van der Waals surface area contributed by atoms with Gasteiger partial charge in [-0.25, -0.2) is 13.2 Å². The molecule has 0 aromatic heterocycles. The monoisotopic (exact) mass is 249 g/mol. The van der Waals surface area contributed by atoms with Crippen molar-refractivity contribution in [2.24, 2.45) is 0 Å². The smallest absolute Gasteiger partial charge is 0.194 e. The van der Waals surface area contributed by atoms with Crippen LogP contribution in [0.3, 0.4) is 0 Å². The van der Waals surface area contributed by atoms with Gasteiger partial charge < -0.3 is 15.2 Å². The van der Waals surface area contributed by atoms with Gasteiger partial charge in [0.1, 0.15) is 0 Å². The Morgan fingerprint density at radius 2 is 1.76 bits per heavy atom. The van der Waals surface area contributed by atoms with Gasteiger partial charge in [-0.3, -0.25) is 0 Å². The van der Waals surface area contributed by atoms with E-state index in [-0.39, 0.29) is 19.8 Å². The third kappa shape index (κ3) is 4.72. The molecule has 0 saturated carbocycles. The van der Waals surface area contributed by atoms with Crippen LogP contribution in [0.1, 0.15) is 5.56 Å². The SMILES string of the molecule is OCCOCCNCc1cc(F)c(F)c(F)c1. The normalized spacial score (nSPS) is 10.8. The van der Waals surface area contributed by atoms with Crippen LogP contribution in [0.5, 0.6) is 0 Å². The molecule has 0 aliphatic heterocycles. The summed E-state index contributed by atoms with van der Waals surface area (Å²) in [6.45, 7) is 1.28. The molecule has 0 unspecified atom stereocenters. The summed E-state index contributed by atoms with van der Waals surface area (Å²) < 4.78 is 43.2. The summed E-state index contributed by atoms with van der Waals surface area (Å²) in [7, 11) is 0. The quantitative estimate of drug-likeness (QED) is 0.563. The molecule has 1 aromatic rings. The van der Waals surface area contributed by atoms with Crippen LogP contribution in [-0.4, -0.2) is 31.5 Å². The Morgan fingerprint density at radius 3 is 2.35 bits per heavy atom. The van der Waals surface area contributed by atoms with Crippen molar-refractivity contribution in [2.45, 2.75) is 6.54 Å². The van der Waals surface area contributed by atoms with Crippen molar-refractivity contribution >= 4 is 0 Å². The largest absolute Gasteiger partial charge is 0.394 e. The molecule has 0 amide bonds. The zero-order valence-electron chi connectivity index (χ0n) is 9.18. The molecule has 0 bridgehead atoms. The topological polar surface area (TPSA) is 41.5 Å². The van der Waals surface area contributed by atoms with E-state index in [1.54, 1.807) is 0 Å². The van der Waals surface area contributed by atoms with E-state index < -0.39 is 17.5 Å². The molecule has 0 radical (unpaired) electrons. The molecule has 6 heteroatoms. The van der Waals surface area contributed by atoms with E-state index in [1.165, 1.54) is 0 Å². The van der Waals surface area contributed by atoms with Gasteiger partial charge in [-0.05, 0) is 17.7 Å². The minimum absolute atomic E-state index is 0.0472. The molecule has 0 atom stereocenters. The highest BCUT2D eigenvalue weighted by molar-refractivity contribution is 5.19. The first-order valence-electron chi connectivity index (χ1n) is 5.18. The van der Waals surface area contributed by atoms with Crippen LogP contribution < -0.4 is 5.32 Å². The highest BCUT2D eigenvalue weighted by Crippen LogP contribution is 2.13. The van der Waals surface area contributed by atoms with Crippen molar-refractivity contribution in [3.05, 3.63) is 35.1 Å². The van der Waals surface area contributed by atoms with Gasteiger partial charge in [-0.1, -0.05) is 0 Å². The Hall–Kier alpha value is -1.11. The maximum absolute atomic E-state index is 12.8. The highest BCUT2D eigenvalue weighted by atomic mass is 19.2. The van der Waals surface area contributed by atoms with E-state index in [0.29, 0.717) is 18.7 Å². The fraction of sp³-hybridized carbons (Fsp3) is 0.455. The predicted octanol–water partition coefficient (Wildman–Crippen LogP) is 1.20. The first-order valence-corrected chi connectivity index (χ1v) is 5.18. The first kappa shape index (κ1) is 14.0. The number of aliphatic hydroxyl groups excluding tert-OH is 1. The summed E-state index contributed by atoms with van der Waals surface area (Å²) in [5.74, 6) is -3.85. The van der Waals surface area contributed by atoms with Crippen LogP contribution >= 0.6 is 0 Å². The molecule has 0 heterocycles. The van der Waals surface area contributed by atoms with Crippen molar-refractivity contribution in [3.8, 4) is 0 Å². The van der Waals surface area contributed by atoms with Crippen LogP contribution in [0.4, 0.5) is 13.2 Å². The standard InChI is InChI=1S/C11H14F3NO2/c12-9-5-8(6-10(13)11(9)14)7-15-1-3-17-4-2-16/h5-6,15-16H,1-4,7H2. The second-order valence-corrected chi connectivity index (χ2v) is 3.39. The third-order valence-electron chi connectivity index (χ3n) is 2.03. The molecule has 0 spiro atoms. The molecule has 3 nitrogen and oxygen atoms in total. The third-order valence-corrected chi connectivity index (χ3v) is 2.03. The Kier molecular flexibility index (Phi) is 5.96. The van der Waals surface area contributed by atoms with E-state index >= 15 is 0 Å². The minimum Gasteiger partial charge on any atom is -0.394 e. The summed E-state index contributed by atoms with van der Waals surface area (Å²) in [6.07, 6.45) is 0. The zero-order chi connectivity index (χ0) is 12.7. The number of rotatable bonds is 7. The van der Waals surface area contributed by atoms with Crippen LogP contribution in [0.15, 0.2) is 12.1 Å². The Morgan fingerprint density at radius 1 is 1.12 bits per heavy atom. The molecular weight excluding hydrogens is 235 g/mol. The summed E-state index contributed by atoms with van der Waals surface area (Å²) in [5, 5.41) is 11.3. The number of benzene rings is 1. The average Bonchev–Trinajstić information content (AvgIpc) is 2.30. The van der Waals surface area contributed by atoms with Gasteiger partial charge in [-0.15, -0.1) is 0 Å². The molecule has 96 valence electrons. The average molecular weight is 249 g/mol. The number of hydrogen-bond acceptors (Lipinski definition) is 3. The lowest BCUT2D eigenvalue weighted by molar-refractivity contribution is 0.0938. The number of ether oxygens (including phenoxy) is 1. The molecule has 0 aliphatic rings. The van der Waals surface area contributed by atoms with Gasteiger partial charge >= 0.3 is 0 Å². The van der Waals surface area contributed by atoms with E-state index in [2.05, 4.69) is 5.32 Å². The van der Waals surface area contributed by atoms with Crippen molar-refractivity contribution in [1.29, 1.82) is 0 Å². The second kappa shape index (κ2) is 7.26. The van der Waals surface area contributed by atoms with Crippen molar-refractivity contribution in [3.63, 3.8) is 0 Å². The van der Waals surface area contributed by atoms with Crippen molar-refractivity contribution < 1.29 is 23.0 Å². The maximum Gasteiger partial charge on any atom is 0.194 e. The molecule has 0 aliphatic carbocycles. The van der Waals surface area contributed by atoms with E-state index in [9.17, 15) is 13.2 Å². The maximum atomic E-state index is 12.8.